The molecule has 0 fully saturated rings. The van der Waals surface area contributed by atoms with Crippen LogP contribution in [0, 0.1) is 0 Å². The molecule has 0 radical (unpaired) electrons. The van der Waals surface area contributed by atoms with Gasteiger partial charge in [-0.05, 0) is 48.6 Å². The summed E-state index contributed by atoms with van der Waals surface area (Å²) in [6.45, 7) is 0.396. The van der Waals surface area contributed by atoms with Crippen LogP contribution in [0.1, 0.15) is 35.6 Å². The summed E-state index contributed by atoms with van der Waals surface area (Å²) in [6, 6.07) is 11.8. The van der Waals surface area contributed by atoms with Crippen LogP contribution in [0.5, 0.6) is 5.75 Å². The Bertz CT molecular complexity index is 657. The van der Waals surface area contributed by atoms with E-state index in [2.05, 4.69) is 12.1 Å². The Kier molecular flexibility index (Phi) is 4.39. The molecule has 2 N–H and O–H groups in total. The molecule has 0 bridgehead atoms. The lowest BCUT2D eigenvalue weighted by Gasteiger charge is -2.22. The minimum Gasteiger partial charge on any atom is -0.489 e. The molecule has 110 valence electrons. The van der Waals surface area contributed by atoms with E-state index >= 15 is 0 Å². The van der Waals surface area contributed by atoms with E-state index in [0.717, 1.165) is 30.6 Å². The van der Waals surface area contributed by atoms with Gasteiger partial charge in [0.2, 0.25) is 0 Å². The van der Waals surface area contributed by atoms with E-state index in [1.54, 1.807) is 6.07 Å². The highest BCUT2D eigenvalue weighted by Crippen LogP contribution is 2.32. The van der Waals surface area contributed by atoms with Crippen molar-refractivity contribution in [3.05, 3.63) is 63.1 Å². The Morgan fingerprint density at radius 2 is 2.05 bits per heavy atom. The number of hydrogen-bond acceptors (Lipinski definition) is 2. The molecule has 0 aliphatic heterocycles. The van der Waals surface area contributed by atoms with E-state index < -0.39 is 0 Å². The summed E-state index contributed by atoms with van der Waals surface area (Å²) in [4.78, 5) is 0. The lowest BCUT2D eigenvalue weighted by molar-refractivity contribution is 0.305. The van der Waals surface area contributed by atoms with Crippen LogP contribution in [0.25, 0.3) is 0 Å². The lowest BCUT2D eigenvalue weighted by atomic mass is 9.88. The summed E-state index contributed by atoms with van der Waals surface area (Å²) in [5.41, 5.74) is 9.59. The summed E-state index contributed by atoms with van der Waals surface area (Å²) in [5, 5.41) is 1.10. The van der Waals surface area contributed by atoms with Gasteiger partial charge in [-0.15, -0.1) is 0 Å². The number of nitrogens with two attached hydrogens (primary N) is 1. The lowest BCUT2D eigenvalue weighted by Crippen LogP contribution is -2.17. The highest BCUT2D eigenvalue weighted by molar-refractivity contribution is 6.42. The maximum atomic E-state index is 6.17. The number of ether oxygens (including phenoxy) is 1. The topological polar surface area (TPSA) is 35.2 Å². The van der Waals surface area contributed by atoms with E-state index in [1.807, 2.05) is 18.2 Å². The first-order valence-electron chi connectivity index (χ1n) is 7.09. The number of hydrogen-bond donors (Lipinski definition) is 1. The molecular formula is C17H17Cl2NO. The molecule has 0 amide bonds. The Balaban J connectivity index is 1.77. The molecule has 1 unspecified atom stereocenters. The molecule has 0 saturated carbocycles. The van der Waals surface area contributed by atoms with Gasteiger partial charge in [-0.1, -0.05) is 41.4 Å². The Hall–Kier alpha value is -1.22. The van der Waals surface area contributed by atoms with E-state index in [0.29, 0.717) is 16.7 Å². The molecule has 0 spiro atoms. The van der Waals surface area contributed by atoms with Gasteiger partial charge in [0, 0.05) is 11.6 Å². The SMILES string of the molecule is NC1CCCc2ccc(OCc3cccc(Cl)c3Cl)cc21. The Morgan fingerprint density at radius 3 is 2.90 bits per heavy atom. The summed E-state index contributed by atoms with van der Waals surface area (Å²) in [7, 11) is 0. The minimum absolute atomic E-state index is 0.118. The number of benzene rings is 2. The summed E-state index contributed by atoms with van der Waals surface area (Å²) < 4.78 is 5.84. The molecule has 1 atom stereocenters. The van der Waals surface area contributed by atoms with Gasteiger partial charge in [0.25, 0.3) is 0 Å². The van der Waals surface area contributed by atoms with Crippen molar-refractivity contribution in [1.82, 2.24) is 0 Å². The van der Waals surface area contributed by atoms with Gasteiger partial charge < -0.3 is 10.5 Å². The van der Waals surface area contributed by atoms with Crippen molar-refractivity contribution in [2.45, 2.75) is 31.9 Å². The van der Waals surface area contributed by atoms with Crippen LogP contribution in [0.3, 0.4) is 0 Å². The van der Waals surface area contributed by atoms with Gasteiger partial charge in [0.1, 0.15) is 12.4 Å². The zero-order valence-corrected chi connectivity index (χ0v) is 13.1. The number of halogens is 2. The molecule has 1 aliphatic rings. The average molecular weight is 322 g/mol. The molecular weight excluding hydrogens is 305 g/mol. The normalized spacial score (nSPS) is 17.4. The van der Waals surface area contributed by atoms with Crippen molar-refractivity contribution in [2.24, 2.45) is 5.73 Å². The van der Waals surface area contributed by atoms with Crippen molar-refractivity contribution in [2.75, 3.05) is 0 Å². The van der Waals surface area contributed by atoms with Crippen LogP contribution in [-0.2, 0) is 13.0 Å². The zero-order chi connectivity index (χ0) is 14.8. The van der Waals surface area contributed by atoms with Crippen molar-refractivity contribution in [3.8, 4) is 5.75 Å². The largest absolute Gasteiger partial charge is 0.489 e. The maximum absolute atomic E-state index is 6.17. The Morgan fingerprint density at radius 1 is 1.19 bits per heavy atom. The van der Waals surface area contributed by atoms with Gasteiger partial charge in [-0.25, -0.2) is 0 Å². The first kappa shape index (κ1) is 14.7. The van der Waals surface area contributed by atoms with E-state index in [9.17, 15) is 0 Å². The quantitative estimate of drug-likeness (QED) is 0.871. The molecule has 0 saturated heterocycles. The smallest absolute Gasteiger partial charge is 0.120 e. The van der Waals surface area contributed by atoms with Crippen molar-refractivity contribution < 1.29 is 4.74 Å². The molecule has 0 aromatic heterocycles. The third kappa shape index (κ3) is 3.18. The van der Waals surface area contributed by atoms with Crippen molar-refractivity contribution >= 4 is 23.2 Å². The second kappa shape index (κ2) is 6.27. The molecule has 3 rings (SSSR count). The van der Waals surface area contributed by atoms with Gasteiger partial charge in [-0.3, -0.25) is 0 Å². The van der Waals surface area contributed by atoms with Crippen LogP contribution in [-0.4, -0.2) is 0 Å². The van der Waals surface area contributed by atoms with Gasteiger partial charge >= 0.3 is 0 Å². The Labute approximate surface area is 134 Å². The maximum Gasteiger partial charge on any atom is 0.120 e. The first-order chi connectivity index (χ1) is 10.1. The van der Waals surface area contributed by atoms with Crippen molar-refractivity contribution in [3.63, 3.8) is 0 Å². The second-order valence-corrected chi connectivity index (χ2v) is 6.15. The van der Waals surface area contributed by atoms with E-state index in [1.165, 1.54) is 11.1 Å². The minimum atomic E-state index is 0.118. The van der Waals surface area contributed by atoms with Crippen LogP contribution >= 0.6 is 23.2 Å². The van der Waals surface area contributed by atoms with Gasteiger partial charge in [-0.2, -0.15) is 0 Å². The fourth-order valence-corrected chi connectivity index (χ4v) is 3.10. The molecule has 4 heteroatoms. The molecule has 0 heterocycles. The highest BCUT2D eigenvalue weighted by Gasteiger charge is 2.17. The number of fused-ring (bicyclic) bond motifs is 1. The first-order valence-corrected chi connectivity index (χ1v) is 7.85. The van der Waals surface area contributed by atoms with Crippen LogP contribution in [0.2, 0.25) is 10.0 Å². The fourth-order valence-electron chi connectivity index (χ4n) is 2.72. The van der Waals surface area contributed by atoms with Gasteiger partial charge in [0.05, 0.1) is 10.0 Å². The van der Waals surface area contributed by atoms with Crippen molar-refractivity contribution in [1.29, 1.82) is 0 Å². The van der Waals surface area contributed by atoms with E-state index in [4.69, 9.17) is 33.7 Å². The monoisotopic (exact) mass is 321 g/mol. The third-order valence-electron chi connectivity index (χ3n) is 3.90. The van der Waals surface area contributed by atoms with Crippen LogP contribution < -0.4 is 10.5 Å². The van der Waals surface area contributed by atoms with E-state index in [-0.39, 0.29) is 6.04 Å². The predicted molar refractivity (Wildman–Crippen MR) is 87.1 cm³/mol. The second-order valence-electron chi connectivity index (χ2n) is 5.36. The standard InChI is InChI=1S/C17H17Cl2NO/c18-15-5-1-4-12(17(15)19)10-21-13-8-7-11-3-2-6-16(20)14(11)9-13/h1,4-5,7-9,16H,2-3,6,10,20H2. The molecule has 2 aromatic rings. The van der Waals surface area contributed by atoms with Crippen LogP contribution in [0.15, 0.2) is 36.4 Å². The number of aryl methyl sites for hydroxylation is 1. The molecule has 2 nitrogen and oxygen atoms in total. The zero-order valence-electron chi connectivity index (χ0n) is 11.6. The summed E-state index contributed by atoms with van der Waals surface area (Å²) in [6.07, 6.45) is 3.30. The summed E-state index contributed by atoms with van der Waals surface area (Å²) in [5.74, 6) is 0.821. The molecule has 2 aromatic carbocycles. The molecule has 1 aliphatic carbocycles. The fraction of sp³-hybridized carbons (Fsp3) is 0.294. The molecule has 21 heavy (non-hydrogen) atoms. The van der Waals surface area contributed by atoms with Crippen LogP contribution in [0.4, 0.5) is 0 Å². The van der Waals surface area contributed by atoms with Gasteiger partial charge in [0.15, 0.2) is 0 Å². The highest BCUT2D eigenvalue weighted by atomic mass is 35.5. The number of rotatable bonds is 3. The third-order valence-corrected chi connectivity index (χ3v) is 4.76. The average Bonchev–Trinajstić information content (AvgIpc) is 2.49. The summed E-state index contributed by atoms with van der Waals surface area (Å²) >= 11 is 12.2. The predicted octanol–water partition coefficient (Wildman–Crippen LogP) is 4.91.